The molecule has 44 heavy (non-hydrogen) atoms. The van der Waals surface area contributed by atoms with Gasteiger partial charge in [0.05, 0.1) is 17.9 Å². The maximum absolute atomic E-state index is 12.4. The van der Waals surface area contributed by atoms with Crippen LogP contribution in [0.4, 0.5) is 0 Å². The van der Waals surface area contributed by atoms with Gasteiger partial charge in [0.2, 0.25) is 5.91 Å². The summed E-state index contributed by atoms with van der Waals surface area (Å²) in [4.78, 5) is 12.4. The molecule has 2 atom stereocenters. The van der Waals surface area contributed by atoms with Gasteiger partial charge in [-0.05, 0) is 77.0 Å². The highest BCUT2D eigenvalue weighted by Crippen LogP contribution is 2.09. The monoisotopic (exact) mass is 631 g/mol. The molecule has 0 aromatic rings. The molecule has 7 heteroatoms. The molecule has 3 N–H and O–H groups in total. The summed E-state index contributed by atoms with van der Waals surface area (Å²) in [5.74, 6) is -1.05. The van der Waals surface area contributed by atoms with Crippen LogP contribution in [0.3, 0.4) is 0 Å². The third-order valence-electron chi connectivity index (χ3n) is 6.78. The lowest BCUT2D eigenvalue weighted by atomic mass is 10.1. The Morgan fingerprint density at radius 2 is 1.11 bits per heavy atom. The van der Waals surface area contributed by atoms with Gasteiger partial charge in [0.1, 0.15) is 0 Å². The fraction of sp³-hybridized carbons (Fsp3) is 0.595. The van der Waals surface area contributed by atoms with Gasteiger partial charge >= 0.3 is 0 Å². The number of carbonyl (C=O) groups excluding carboxylic acids is 1. The average molecular weight is 632 g/mol. The Balaban J connectivity index is 4.18. The number of aliphatic hydroxyl groups excluding tert-OH is 1. The minimum atomic E-state index is -4.36. The summed E-state index contributed by atoms with van der Waals surface area (Å²) in [5, 5.41) is 13.1. The van der Waals surface area contributed by atoms with Crippen LogP contribution < -0.4 is 5.32 Å². The van der Waals surface area contributed by atoms with Crippen LogP contribution >= 0.6 is 0 Å². The second-order valence-corrected chi connectivity index (χ2v) is 12.5. The SMILES string of the molecule is CC/C=C\C/C=C\C/C=C\C/C=C\CCCCCCC(=O)NC(CS(=O)(=O)O)C(O)/C=C/CC/C=C/CC/C=C/CCCC. The molecule has 2 unspecified atom stereocenters. The normalized spacial score (nSPS) is 14.5. The van der Waals surface area contributed by atoms with E-state index in [2.05, 4.69) is 92.1 Å². The fourth-order valence-electron chi connectivity index (χ4n) is 4.28. The van der Waals surface area contributed by atoms with E-state index >= 15 is 0 Å². The lowest BCUT2D eigenvalue weighted by Crippen LogP contribution is -2.46. The van der Waals surface area contributed by atoms with Crippen molar-refractivity contribution in [2.24, 2.45) is 0 Å². The maximum Gasteiger partial charge on any atom is 0.267 e. The van der Waals surface area contributed by atoms with Gasteiger partial charge in [-0.1, -0.05) is 125 Å². The number of unbranched alkanes of at least 4 members (excludes halogenated alkanes) is 8. The molecule has 0 aromatic heterocycles. The molecule has 1 amide bonds. The second kappa shape index (κ2) is 30.5. The largest absolute Gasteiger partial charge is 0.387 e. The van der Waals surface area contributed by atoms with Gasteiger partial charge in [-0.15, -0.1) is 0 Å². The minimum Gasteiger partial charge on any atom is -0.387 e. The summed E-state index contributed by atoms with van der Waals surface area (Å²) in [6.07, 6.45) is 44.2. The van der Waals surface area contributed by atoms with E-state index in [0.717, 1.165) is 77.0 Å². The second-order valence-electron chi connectivity index (χ2n) is 11.0. The van der Waals surface area contributed by atoms with Crippen molar-refractivity contribution in [3.63, 3.8) is 0 Å². The van der Waals surface area contributed by atoms with E-state index in [1.807, 2.05) is 0 Å². The van der Waals surface area contributed by atoms with Gasteiger partial charge in [-0.25, -0.2) is 0 Å². The Hall–Kier alpha value is -2.48. The summed E-state index contributed by atoms with van der Waals surface area (Å²) >= 11 is 0. The lowest BCUT2D eigenvalue weighted by molar-refractivity contribution is -0.122. The third kappa shape index (κ3) is 31.0. The molecule has 0 spiro atoms. The molecular weight excluding hydrogens is 570 g/mol. The molecule has 0 bridgehead atoms. The topological polar surface area (TPSA) is 104 Å². The van der Waals surface area contributed by atoms with E-state index in [9.17, 15) is 22.9 Å². The Bertz CT molecular complexity index is 1000. The number of allylic oxidation sites excluding steroid dienone is 13. The number of nitrogens with one attached hydrogen (secondary N) is 1. The zero-order chi connectivity index (χ0) is 32.6. The number of hydrogen-bond acceptors (Lipinski definition) is 4. The van der Waals surface area contributed by atoms with Crippen molar-refractivity contribution in [3.8, 4) is 0 Å². The molecule has 0 saturated heterocycles. The van der Waals surface area contributed by atoms with Crippen LogP contribution in [-0.2, 0) is 14.9 Å². The fourth-order valence-corrected chi connectivity index (χ4v) is 5.01. The minimum absolute atomic E-state index is 0.251. The van der Waals surface area contributed by atoms with E-state index in [-0.39, 0.29) is 12.3 Å². The standard InChI is InChI=1S/C37H61NO5S/c1-3-5-7-9-11-13-15-17-18-19-20-21-23-25-27-29-31-33-37(40)38-35(34-44(41,42)43)36(39)32-30-28-26-24-22-16-14-12-10-8-6-4-2/h5,7,10-13,17-18,20-22,24,30,32,35-36,39H,3-4,6,8-9,14-16,19,23,25-29,31,33-34H2,1-2H3,(H,38,40)(H,41,42,43)/b7-5-,12-10+,13-11-,18-17-,21-20-,24-22+,32-30+. The highest BCUT2D eigenvalue weighted by molar-refractivity contribution is 7.85. The molecule has 250 valence electrons. The zero-order valence-electron chi connectivity index (χ0n) is 27.5. The van der Waals surface area contributed by atoms with Crippen LogP contribution in [0.5, 0.6) is 0 Å². The van der Waals surface area contributed by atoms with Gasteiger partial charge in [0.15, 0.2) is 0 Å². The van der Waals surface area contributed by atoms with Crippen molar-refractivity contribution in [1.82, 2.24) is 5.32 Å². The maximum atomic E-state index is 12.4. The molecule has 0 aliphatic carbocycles. The summed E-state index contributed by atoms with van der Waals surface area (Å²) < 4.78 is 32.3. The van der Waals surface area contributed by atoms with Crippen molar-refractivity contribution in [2.75, 3.05) is 5.75 Å². The number of amides is 1. The molecule has 0 heterocycles. The number of carbonyl (C=O) groups is 1. The molecule has 0 aliphatic rings. The van der Waals surface area contributed by atoms with Gasteiger partial charge in [0.25, 0.3) is 10.1 Å². The summed E-state index contributed by atoms with van der Waals surface area (Å²) in [7, 11) is -4.36. The lowest BCUT2D eigenvalue weighted by Gasteiger charge is -2.21. The molecule has 0 saturated carbocycles. The molecule has 0 rings (SSSR count). The molecule has 0 aliphatic heterocycles. The van der Waals surface area contributed by atoms with Crippen LogP contribution in [0.1, 0.15) is 123 Å². The van der Waals surface area contributed by atoms with Gasteiger partial charge in [0, 0.05) is 6.42 Å². The van der Waals surface area contributed by atoms with Gasteiger partial charge in [-0.2, -0.15) is 8.42 Å². The van der Waals surface area contributed by atoms with E-state index in [1.165, 1.54) is 18.9 Å². The first-order valence-electron chi connectivity index (χ1n) is 16.8. The predicted octanol–water partition coefficient (Wildman–Crippen LogP) is 9.28. The van der Waals surface area contributed by atoms with Crippen LogP contribution in [0, 0.1) is 0 Å². The van der Waals surface area contributed by atoms with Crippen molar-refractivity contribution < 1.29 is 22.9 Å². The summed E-state index contributed by atoms with van der Waals surface area (Å²) in [5.41, 5.74) is 0. The molecular formula is C37H61NO5S. The van der Waals surface area contributed by atoms with Gasteiger partial charge < -0.3 is 10.4 Å². The summed E-state index contributed by atoms with van der Waals surface area (Å²) in [6.45, 7) is 4.32. The first-order valence-corrected chi connectivity index (χ1v) is 18.4. The van der Waals surface area contributed by atoms with E-state index in [1.54, 1.807) is 6.08 Å². The Morgan fingerprint density at radius 1 is 0.636 bits per heavy atom. The van der Waals surface area contributed by atoms with Crippen molar-refractivity contribution in [2.45, 2.75) is 135 Å². The number of rotatable bonds is 28. The van der Waals surface area contributed by atoms with Crippen molar-refractivity contribution in [3.05, 3.63) is 85.1 Å². The van der Waals surface area contributed by atoms with E-state index in [0.29, 0.717) is 12.8 Å². The molecule has 6 nitrogen and oxygen atoms in total. The quantitative estimate of drug-likeness (QED) is 0.0454. The number of hydrogen-bond donors (Lipinski definition) is 3. The van der Waals surface area contributed by atoms with E-state index < -0.39 is 28.0 Å². The summed E-state index contributed by atoms with van der Waals surface area (Å²) in [6, 6.07) is -1.10. The highest BCUT2D eigenvalue weighted by Gasteiger charge is 2.24. The third-order valence-corrected chi connectivity index (χ3v) is 7.56. The van der Waals surface area contributed by atoms with Crippen molar-refractivity contribution >= 4 is 16.0 Å². The molecule has 0 radical (unpaired) electrons. The smallest absolute Gasteiger partial charge is 0.267 e. The van der Waals surface area contributed by atoms with Gasteiger partial charge in [-0.3, -0.25) is 9.35 Å². The predicted molar refractivity (Wildman–Crippen MR) is 188 cm³/mol. The Labute approximate surface area is 269 Å². The first-order chi connectivity index (χ1) is 21.3. The van der Waals surface area contributed by atoms with Crippen LogP contribution in [0.25, 0.3) is 0 Å². The molecule has 0 fully saturated rings. The molecule has 0 aromatic carbocycles. The van der Waals surface area contributed by atoms with Crippen LogP contribution in [-0.4, -0.2) is 41.9 Å². The number of aliphatic hydroxyl groups is 1. The van der Waals surface area contributed by atoms with Crippen molar-refractivity contribution in [1.29, 1.82) is 0 Å². The van der Waals surface area contributed by atoms with E-state index in [4.69, 9.17) is 0 Å². The van der Waals surface area contributed by atoms with Crippen LogP contribution in [0.15, 0.2) is 85.1 Å². The highest BCUT2D eigenvalue weighted by atomic mass is 32.2. The zero-order valence-corrected chi connectivity index (χ0v) is 28.3. The Morgan fingerprint density at radius 3 is 1.68 bits per heavy atom. The average Bonchev–Trinajstić information content (AvgIpc) is 2.98. The first kappa shape index (κ1) is 41.5. The van der Waals surface area contributed by atoms with Crippen LogP contribution in [0.2, 0.25) is 0 Å². The Kier molecular flexibility index (Phi) is 28.8.